The summed E-state index contributed by atoms with van der Waals surface area (Å²) in [4.78, 5) is 9.38. The van der Waals surface area contributed by atoms with E-state index in [-0.39, 0.29) is 24.0 Å². The standard InChI is InChI=1S/C24H41N5O.HI/c1-20-10-11-21(23(18-20)30-22-8-4-5-9-22)19-27-24(25-2)26-12-6-7-13-29-16-14-28(3)15-17-29;/h10-11,18,22H,4-9,12-17,19H2,1-3H3,(H2,25,26,27);1H. The molecular weight excluding hydrogens is 501 g/mol. The molecule has 1 aliphatic heterocycles. The molecule has 0 bridgehead atoms. The van der Waals surface area contributed by atoms with Gasteiger partial charge in [-0.2, -0.15) is 0 Å². The summed E-state index contributed by atoms with van der Waals surface area (Å²) in [5.74, 6) is 1.89. The van der Waals surface area contributed by atoms with Crippen molar-refractivity contribution in [1.82, 2.24) is 20.4 Å². The molecule has 0 atom stereocenters. The number of unbranched alkanes of at least 4 members (excludes halogenated alkanes) is 1. The van der Waals surface area contributed by atoms with Crippen LogP contribution in [0, 0.1) is 6.92 Å². The Labute approximate surface area is 206 Å². The lowest BCUT2D eigenvalue weighted by Gasteiger charge is -2.32. The summed E-state index contributed by atoms with van der Waals surface area (Å²) in [5.41, 5.74) is 2.44. The summed E-state index contributed by atoms with van der Waals surface area (Å²) in [6.45, 7) is 9.80. The van der Waals surface area contributed by atoms with Gasteiger partial charge in [0.25, 0.3) is 0 Å². The topological polar surface area (TPSA) is 52.1 Å². The van der Waals surface area contributed by atoms with E-state index in [0.717, 1.165) is 31.2 Å². The zero-order chi connectivity index (χ0) is 21.2. The predicted octanol–water partition coefficient (Wildman–Crippen LogP) is 3.63. The number of guanidine groups is 1. The van der Waals surface area contributed by atoms with Crippen LogP contribution < -0.4 is 15.4 Å². The molecule has 0 radical (unpaired) electrons. The number of aliphatic imine (C=N–C) groups is 1. The Morgan fingerprint density at radius 3 is 2.55 bits per heavy atom. The minimum atomic E-state index is 0. The molecule has 31 heavy (non-hydrogen) atoms. The highest BCUT2D eigenvalue weighted by atomic mass is 127. The highest BCUT2D eigenvalue weighted by molar-refractivity contribution is 14.0. The van der Waals surface area contributed by atoms with Gasteiger partial charge in [0.15, 0.2) is 5.96 Å². The number of piperazine rings is 1. The monoisotopic (exact) mass is 543 g/mol. The molecule has 6 nitrogen and oxygen atoms in total. The first-order valence-corrected chi connectivity index (χ1v) is 11.8. The summed E-state index contributed by atoms with van der Waals surface area (Å²) < 4.78 is 6.32. The number of nitrogens with one attached hydrogen (secondary N) is 2. The van der Waals surface area contributed by atoms with Crippen LogP contribution in [0.15, 0.2) is 23.2 Å². The second-order valence-electron chi connectivity index (χ2n) is 8.84. The fourth-order valence-electron chi connectivity index (χ4n) is 4.24. The highest BCUT2D eigenvalue weighted by Crippen LogP contribution is 2.27. The number of nitrogens with zero attached hydrogens (tertiary/aromatic N) is 3. The van der Waals surface area contributed by atoms with Crippen molar-refractivity contribution in [2.45, 2.75) is 58.1 Å². The van der Waals surface area contributed by atoms with E-state index in [9.17, 15) is 0 Å². The average molecular weight is 544 g/mol. The molecule has 2 N–H and O–H groups in total. The zero-order valence-electron chi connectivity index (χ0n) is 19.7. The lowest BCUT2D eigenvalue weighted by Crippen LogP contribution is -2.44. The zero-order valence-corrected chi connectivity index (χ0v) is 22.0. The molecule has 1 aromatic carbocycles. The number of rotatable bonds is 9. The van der Waals surface area contributed by atoms with Gasteiger partial charge in [-0.1, -0.05) is 12.1 Å². The molecule has 7 heteroatoms. The van der Waals surface area contributed by atoms with Crippen LogP contribution in [-0.2, 0) is 6.54 Å². The fourth-order valence-corrected chi connectivity index (χ4v) is 4.24. The molecule has 0 unspecified atom stereocenters. The molecule has 1 aromatic rings. The Bertz CT molecular complexity index is 670. The lowest BCUT2D eigenvalue weighted by atomic mass is 10.1. The van der Waals surface area contributed by atoms with Crippen LogP contribution in [0.5, 0.6) is 5.75 Å². The third-order valence-corrected chi connectivity index (χ3v) is 6.28. The molecule has 0 amide bonds. The van der Waals surface area contributed by atoms with E-state index in [1.165, 1.54) is 76.0 Å². The molecule has 176 valence electrons. The van der Waals surface area contributed by atoms with Gasteiger partial charge in [0.05, 0.1) is 6.10 Å². The summed E-state index contributed by atoms with van der Waals surface area (Å²) in [6.07, 6.45) is 7.70. The van der Waals surface area contributed by atoms with Gasteiger partial charge in [-0.3, -0.25) is 4.99 Å². The molecule has 1 saturated heterocycles. The minimum absolute atomic E-state index is 0. The first kappa shape index (κ1) is 26.2. The van der Waals surface area contributed by atoms with Crippen LogP contribution in [0.1, 0.15) is 49.7 Å². The smallest absolute Gasteiger partial charge is 0.191 e. The molecule has 1 aliphatic carbocycles. The number of likely N-dealkylation sites (N-methyl/N-ethyl adjacent to an activating group) is 1. The van der Waals surface area contributed by atoms with E-state index in [1.54, 1.807) is 0 Å². The second-order valence-corrected chi connectivity index (χ2v) is 8.84. The first-order chi connectivity index (χ1) is 14.6. The van der Waals surface area contributed by atoms with Crippen LogP contribution >= 0.6 is 24.0 Å². The van der Waals surface area contributed by atoms with Gasteiger partial charge in [0, 0.05) is 51.9 Å². The van der Waals surface area contributed by atoms with Crippen molar-refractivity contribution in [3.05, 3.63) is 29.3 Å². The van der Waals surface area contributed by atoms with Crippen LogP contribution in [0.4, 0.5) is 0 Å². The molecule has 0 aromatic heterocycles. The summed E-state index contributed by atoms with van der Waals surface area (Å²) >= 11 is 0. The van der Waals surface area contributed by atoms with E-state index in [1.807, 2.05) is 7.05 Å². The van der Waals surface area contributed by atoms with Crippen molar-refractivity contribution in [3.8, 4) is 5.75 Å². The maximum absolute atomic E-state index is 6.32. The molecule has 3 rings (SSSR count). The molecule has 2 fully saturated rings. The summed E-state index contributed by atoms with van der Waals surface area (Å²) in [7, 11) is 4.05. The van der Waals surface area contributed by atoms with Crippen LogP contribution in [-0.4, -0.2) is 75.2 Å². The number of hydrogen-bond acceptors (Lipinski definition) is 4. The number of hydrogen-bond donors (Lipinski definition) is 2. The van der Waals surface area contributed by atoms with E-state index >= 15 is 0 Å². The normalized spacial score (nSPS) is 18.6. The van der Waals surface area contributed by atoms with Crippen molar-refractivity contribution in [2.24, 2.45) is 4.99 Å². The first-order valence-electron chi connectivity index (χ1n) is 11.8. The van der Waals surface area contributed by atoms with E-state index in [0.29, 0.717) is 6.10 Å². The lowest BCUT2D eigenvalue weighted by molar-refractivity contribution is 0.152. The summed E-state index contributed by atoms with van der Waals surface area (Å²) in [6, 6.07) is 6.51. The molecule has 2 aliphatic rings. The van der Waals surface area contributed by atoms with Crippen LogP contribution in [0.2, 0.25) is 0 Å². The molecule has 1 heterocycles. The maximum atomic E-state index is 6.32. The van der Waals surface area contributed by atoms with E-state index < -0.39 is 0 Å². The van der Waals surface area contributed by atoms with Gasteiger partial charge in [0.2, 0.25) is 0 Å². The van der Waals surface area contributed by atoms with Crippen LogP contribution in [0.25, 0.3) is 0 Å². The molecular formula is C24H42IN5O. The van der Waals surface area contributed by atoms with E-state index in [2.05, 4.69) is 57.6 Å². The Hall–Kier alpha value is -1.06. The third-order valence-electron chi connectivity index (χ3n) is 6.28. The average Bonchev–Trinajstić information content (AvgIpc) is 3.25. The minimum Gasteiger partial charge on any atom is -0.490 e. The molecule has 0 spiro atoms. The van der Waals surface area contributed by atoms with Crippen molar-refractivity contribution in [3.63, 3.8) is 0 Å². The fraction of sp³-hybridized carbons (Fsp3) is 0.708. The quantitative estimate of drug-likeness (QED) is 0.216. The van der Waals surface area contributed by atoms with Crippen molar-refractivity contribution in [1.29, 1.82) is 0 Å². The van der Waals surface area contributed by atoms with E-state index in [4.69, 9.17) is 4.74 Å². The number of ether oxygens (including phenoxy) is 1. The highest BCUT2D eigenvalue weighted by Gasteiger charge is 2.18. The van der Waals surface area contributed by atoms with Gasteiger partial charge in [0.1, 0.15) is 5.75 Å². The van der Waals surface area contributed by atoms with Gasteiger partial charge in [-0.15, -0.1) is 24.0 Å². The Balaban J connectivity index is 0.00000341. The van der Waals surface area contributed by atoms with Crippen molar-refractivity contribution < 1.29 is 4.74 Å². The number of halogens is 1. The Kier molecular flexibility index (Phi) is 12.0. The van der Waals surface area contributed by atoms with Gasteiger partial charge < -0.3 is 25.2 Å². The Morgan fingerprint density at radius 2 is 1.84 bits per heavy atom. The Morgan fingerprint density at radius 1 is 1.10 bits per heavy atom. The summed E-state index contributed by atoms with van der Waals surface area (Å²) in [5, 5.41) is 6.92. The number of benzene rings is 1. The SMILES string of the molecule is CN=C(NCCCCN1CCN(C)CC1)NCc1ccc(C)cc1OC1CCCC1.I. The van der Waals surface area contributed by atoms with Crippen molar-refractivity contribution >= 4 is 29.9 Å². The van der Waals surface area contributed by atoms with Crippen molar-refractivity contribution in [2.75, 3.05) is 53.4 Å². The van der Waals surface area contributed by atoms with Gasteiger partial charge in [-0.05, 0) is 70.7 Å². The second kappa shape index (κ2) is 14.2. The van der Waals surface area contributed by atoms with Gasteiger partial charge >= 0.3 is 0 Å². The van der Waals surface area contributed by atoms with Crippen LogP contribution in [0.3, 0.4) is 0 Å². The maximum Gasteiger partial charge on any atom is 0.191 e. The predicted molar refractivity (Wildman–Crippen MR) is 141 cm³/mol. The third kappa shape index (κ3) is 9.14. The number of aryl methyl sites for hydroxylation is 1. The molecule has 1 saturated carbocycles. The largest absolute Gasteiger partial charge is 0.490 e. The van der Waals surface area contributed by atoms with Gasteiger partial charge in [-0.25, -0.2) is 0 Å².